The molecule has 2 fully saturated rings. The lowest BCUT2D eigenvalue weighted by Crippen LogP contribution is -2.35. The fourth-order valence-electron chi connectivity index (χ4n) is 2.90. The van der Waals surface area contributed by atoms with Gasteiger partial charge >= 0.3 is 0 Å². The van der Waals surface area contributed by atoms with Gasteiger partial charge in [-0.05, 0) is 25.2 Å². The van der Waals surface area contributed by atoms with Gasteiger partial charge < -0.3 is 0 Å². The second-order valence-corrected chi connectivity index (χ2v) is 5.75. The van der Waals surface area contributed by atoms with Crippen molar-refractivity contribution in [1.82, 2.24) is 0 Å². The highest BCUT2D eigenvalue weighted by molar-refractivity contribution is 7.26. The van der Waals surface area contributed by atoms with Gasteiger partial charge in [0.2, 0.25) is 0 Å². The van der Waals surface area contributed by atoms with Crippen molar-refractivity contribution in [1.29, 1.82) is 0 Å². The van der Waals surface area contributed by atoms with Crippen molar-refractivity contribution < 1.29 is 4.57 Å². The van der Waals surface area contributed by atoms with Crippen molar-refractivity contribution in [2.75, 3.05) is 0 Å². The van der Waals surface area contributed by atoms with E-state index in [-0.39, 0.29) is 10.6 Å². The summed E-state index contributed by atoms with van der Waals surface area (Å²) < 4.78 is 11.2. The van der Waals surface area contributed by atoms with Gasteiger partial charge in [-0.25, -0.2) is 0 Å². The van der Waals surface area contributed by atoms with Crippen LogP contribution in [0.4, 0.5) is 0 Å². The van der Waals surface area contributed by atoms with E-state index in [4.69, 9.17) is 0 Å². The van der Waals surface area contributed by atoms with Gasteiger partial charge in [0.15, 0.2) is 8.46 Å². The molecule has 12 heavy (non-hydrogen) atoms. The highest BCUT2D eigenvalue weighted by atomic mass is 31.1. The summed E-state index contributed by atoms with van der Waals surface area (Å²) >= 11 is 0. The molecular formula is C10H15OP. The monoisotopic (exact) mass is 182 g/mol. The molecular weight excluding hydrogens is 167 g/mol. The second-order valence-electron chi connectivity index (χ2n) is 4.71. The molecule has 0 spiro atoms. The summed E-state index contributed by atoms with van der Waals surface area (Å²) in [5.41, 5.74) is 1.43. The Morgan fingerprint density at radius 2 is 2.25 bits per heavy atom. The summed E-state index contributed by atoms with van der Waals surface area (Å²) in [7, 11) is 0.336. The summed E-state index contributed by atoms with van der Waals surface area (Å²) in [6.07, 6.45) is 3.43. The first kappa shape index (κ1) is 8.44. The third-order valence-electron chi connectivity index (χ3n) is 4.12. The highest BCUT2D eigenvalue weighted by Gasteiger charge is 2.59. The zero-order valence-electron chi connectivity index (χ0n) is 7.76. The first-order chi connectivity index (χ1) is 5.53. The van der Waals surface area contributed by atoms with Crippen molar-refractivity contribution in [3.8, 4) is 0 Å². The summed E-state index contributed by atoms with van der Waals surface area (Å²) in [6.45, 7) is 8.53. The third-order valence-corrected chi connectivity index (χ3v) is 5.44. The maximum atomic E-state index is 11.2. The zero-order chi connectivity index (χ0) is 8.98. The Morgan fingerprint density at radius 1 is 1.58 bits per heavy atom. The largest absolute Gasteiger partial charge is 0.274 e. The normalized spacial score (nSPS) is 44.2. The summed E-state index contributed by atoms with van der Waals surface area (Å²) in [4.78, 5) is 0. The van der Waals surface area contributed by atoms with Crippen LogP contribution in [0, 0.1) is 11.3 Å². The average Bonchev–Trinajstić information content (AvgIpc) is 2.53. The first-order valence-corrected chi connectivity index (χ1v) is 5.38. The fraction of sp³-hybridized carbons (Fsp3) is 0.800. The predicted octanol–water partition coefficient (Wildman–Crippen LogP) is 3.41. The van der Waals surface area contributed by atoms with E-state index < -0.39 is 0 Å². The minimum absolute atomic E-state index is 0.0365. The van der Waals surface area contributed by atoms with Crippen LogP contribution in [0.15, 0.2) is 12.2 Å². The molecule has 66 valence electrons. The molecule has 0 aromatic carbocycles. The Bertz CT molecular complexity index is 257. The molecule has 0 amide bonds. The Hall–Kier alpha value is -0.160. The molecule has 0 saturated heterocycles. The average molecular weight is 182 g/mol. The molecule has 2 atom stereocenters. The van der Waals surface area contributed by atoms with E-state index in [0.717, 1.165) is 12.8 Å². The van der Waals surface area contributed by atoms with Crippen molar-refractivity contribution >= 4 is 8.46 Å². The molecule has 2 unspecified atom stereocenters. The number of hydrogen-bond donors (Lipinski definition) is 0. The SMILES string of the molecule is C=C1C2CCC(P=O)(C2)C1(C)C. The molecule has 2 heteroatoms. The molecule has 2 aliphatic carbocycles. The molecule has 2 saturated carbocycles. The lowest BCUT2D eigenvalue weighted by molar-refractivity contribution is 0.315. The summed E-state index contributed by atoms with van der Waals surface area (Å²) in [6, 6.07) is 0. The fourth-order valence-corrected chi connectivity index (χ4v) is 3.78. The van der Waals surface area contributed by atoms with Gasteiger partial charge in [0.1, 0.15) is 0 Å². The van der Waals surface area contributed by atoms with Crippen LogP contribution in [-0.4, -0.2) is 5.16 Å². The summed E-state index contributed by atoms with van der Waals surface area (Å²) in [5, 5.41) is 0.0365. The van der Waals surface area contributed by atoms with Crippen molar-refractivity contribution in [2.24, 2.45) is 11.3 Å². The minimum atomic E-state index is 0.0365. The predicted molar refractivity (Wildman–Crippen MR) is 50.6 cm³/mol. The van der Waals surface area contributed by atoms with E-state index in [0.29, 0.717) is 14.4 Å². The summed E-state index contributed by atoms with van der Waals surface area (Å²) in [5.74, 6) is 0.654. The maximum absolute atomic E-state index is 11.2. The van der Waals surface area contributed by atoms with Crippen molar-refractivity contribution in [2.45, 2.75) is 38.3 Å². The second kappa shape index (κ2) is 2.20. The Labute approximate surface area is 75.4 Å². The van der Waals surface area contributed by atoms with Gasteiger partial charge in [0.05, 0.1) is 5.16 Å². The van der Waals surface area contributed by atoms with E-state index in [2.05, 4.69) is 20.4 Å². The lowest BCUT2D eigenvalue weighted by atomic mass is 9.73. The van der Waals surface area contributed by atoms with Crippen LogP contribution in [0.5, 0.6) is 0 Å². The van der Waals surface area contributed by atoms with E-state index in [1.165, 1.54) is 12.0 Å². The molecule has 2 bridgehead atoms. The smallest absolute Gasteiger partial charge is 0.163 e. The molecule has 1 nitrogen and oxygen atoms in total. The van der Waals surface area contributed by atoms with Crippen LogP contribution >= 0.6 is 8.46 Å². The van der Waals surface area contributed by atoms with E-state index >= 15 is 0 Å². The molecule has 0 heterocycles. The minimum Gasteiger partial charge on any atom is -0.274 e. The van der Waals surface area contributed by atoms with Gasteiger partial charge in [-0.1, -0.05) is 26.0 Å². The molecule has 0 aliphatic heterocycles. The van der Waals surface area contributed by atoms with Gasteiger partial charge in [0, 0.05) is 5.41 Å². The van der Waals surface area contributed by atoms with Crippen LogP contribution < -0.4 is 0 Å². The van der Waals surface area contributed by atoms with Crippen LogP contribution in [0.2, 0.25) is 0 Å². The Balaban J connectivity index is 2.48. The van der Waals surface area contributed by atoms with Gasteiger partial charge in [-0.3, -0.25) is 4.57 Å². The van der Waals surface area contributed by atoms with Crippen LogP contribution in [0.25, 0.3) is 0 Å². The molecule has 2 rings (SSSR count). The standard InChI is InChI=1S/C10H15OP/c1-7-8-4-5-10(6-8,12-11)9(7,2)3/h8H,1,4-6H2,2-3H3. The Kier molecular flexibility index (Phi) is 1.55. The molecule has 0 N–H and O–H groups in total. The van der Waals surface area contributed by atoms with E-state index in [9.17, 15) is 4.57 Å². The molecule has 0 aromatic rings. The number of allylic oxidation sites excluding steroid dienone is 1. The van der Waals surface area contributed by atoms with Crippen LogP contribution in [0.1, 0.15) is 33.1 Å². The number of rotatable bonds is 1. The molecule has 2 aliphatic rings. The third kappa shape index (κ3) is 0.713. The van der Waals surface area contributed by atoms with Gasteiger partial charge in [0.25, 0.3) is 0 Å². The van der Waals surface area contributed by atoms with Crippen LogP contribution in [-0.2, 0) is 4.57 Å². The maximum Gasteiger partial charge on any atom is 0.163 e. The highest BCUT2D eigenvalue weighted by Crippen LogP contribution is 2.66. The van der Waals surface area contributed by atoms with Gasteiger partial charge in [-0.2, -0.15) is 0 Å². The van der Waals surface area contributed by atoms with Crippen molar-refractivity contribution in [3.05, 3.63) is 12.2 Å². The van der Waals surface area contributed by atoms with E-state index in [1.807, 2.05) is 0 Å². The van der Waals surface area contributed by atoms with Crippen molar-refractivity contribution in [3.63, 3.8) is 0 Å². The Morgan fingerprint density at radius 3 is 2.58 bits per heavy atom. The first-order valence-electron chi connectivity index (χ1n) is 4.57. The number of fused-ring (bicyclic) bond motifs is 2. The quantitative estimate of drug-likeness (QED) is 0.448. The topological polar surface area (TPSA) is 17.1 Å². The van der Waals surface area contributed by atoms with Gasteiger partial charge in [-0.15, -0.1) is 0 Å². The van der Waals surface area contributed by atoms with E-state index in [1.54, 1.807) is 0 Å². The van der Waals surface area contributed by atoms with Crippen LogP contribution in [0.3, 0.4) is 0 Å². The molecule has 0 radical (unpaired) electrons. The lowest BCUT2D eigenvalue weighted by Gasteiger charge is -2.38. The number of hydrogen-bond acceptors (Lipinski definition) is 1. The zero-order valence-corrected chi connectivity index (χ0v) is 8.66. The molecule has 0 aromatic heterocycles.